The summed E-state index contributed by atoms with van der Waals surface area (Å²) in [6.07, 6.45) is 9.04. The number of carbonyl (C=O) groups excluding carboxylic acids is 1. The fourth-order valence-electron chi connectivity index (χ4n) is 3.49. The fraction of sp³-hybridized carbons (Fsp3) is 0.800. The van der Waals surface area contributed by atoms with E-state index >= 15 is 0 Å². The molecule has 1 saturated carbocycles. The summed E-state index contributed by atoms with van der Waals surface area (Å²) < 4.78 is 11.8. The van der Waals surface area contributed by atoms with E-state index in [1.54, 1.807) is 0 Å². The molecule has 1 aliphatic heterocycles. The SMILES string of the molecule is O=C(C[n+]1cc(=O)o[nH]1)N1CCO[C@H](CC2CCCCC2)C1. The van der Waals surface area contributed by atoms with Crippen LogP contribution in [-0.2, 0) is 16.1 Å². The lowest BCUT2D eigenvalue weighted by atomic mass is 9.85. The molecular formula is C15H24N3O4+. The number of aromatic amines is 1. The van der Waals surface area contributed by atoms with Crippen molar-refractivity contribution in [3.05, 3.63) is 16.6 Å². The minimum absolute atomic E-state index is 0.0148. The number of H-pyrrole nitrogens is 1. The van der Waals surface area contributed by atoms with Crippen LogP contribution < -0.4 is 10.3 Å². The maximum atomic E-state index is 12.3. The first-order valence-corrected chi connectivity index (χ1v) is 8.18. The van der Waals surface area contributed by atoms with Crippen molar-refractivity contribution in [1.82, 2.24) is 10.2 Å². The monoisotopic (exact) mass is 310 g/mol. The summed E-state index contributed by atoms with van der Waals surface area (Å²) in [7, 11) is 0. The molecule has 1 atom stereocenters. The number of amides is 1. The molecule has 0 radical (unpaired) electrons. The zero-order chi connectivity index (χ0) is 15.4. The smallest absolute Gasteiger partial charge is 0.375 e. The molecule has 1 N–H and O–H groups in total. The third kappa shape index (κ3) is 3.97. The van der Waals surface area contributed by atoms with E-state index in [2.05, 4.69) is 9.79 Å². The van der Waals surface area contributed by atoms with Crippen LogP contribution in [0, 0.1) is 5.92 Å². The van der Waals surface area contributed by atoms with Crippen molar-refractivity contribution in [1.29, 1.82) is 0 Å². The molecule has 7 heteroatoms. The van der Waals surface area contributed by atoms with Crippen LogP contribution in [0.3, 0.4) is 0 Å². The largest absolute Gasteiger partial charge is 0.426 e. The van der Waals surface area contributed by atoms with Gasteiger partial charge in [-0.15, -0.1) is 0 Å². The van der Waals surface area contributed by atoms with Crippen molar-refractivity contribution in [3.63, 3.8) is 0 Å². The van der Waals surface area contributed by atoms with Crippen LogP contribution in [0.5, 0.6) is 0 Å². The molecule has 0 aromatic carbocycles. The van der Waals surface area contributed by atoms with E-state index < -0.39 is 5.63 Å². The predicted molar refractivity (Wildman–Crippen MR) is 77.0 cm³/mol. The molecule has 0 bridgehead atoms. The Kier molecular flexibility index (Phi) is 4.92. The quantitative estimate of drug-likeness (QED) is 0.819. The average molecular weight is 310 g/mol. The van der Waals surface area contributed by atoms with Crippen molar-refractivity contribution in [2.24, 2.45) is 5.92 Å². The maximum absolute atomic E-state index is 12.3. The lowest BCUT2D eigenvalue weighted by molar-refractivity contribution is -0.751. The molecule has 3 rings (SSSR count). The van der Waals surface area contributed by atoms with Gasteiger partial charge in [0, 0.05) is 13.1 Å². The van der Waals surface area contributed by atoms with Gasteiger partial charge in [-0.2, -0.15) is 0 Å². The molecule has 1 amide bonds. The Morgan fingerprint density at radius 3 is 2.91 bits per heavy atom. The number of nitrogens with one attached hydrogen (secondary N) is 1. The number of hydrogen-bond acceptors (Lipinski definition) is 4. The van der Waals surface area contributed by atoms with Gasteiger partial charge in [-0.3, -0.25) is 9.32 Å². The van der Waals surface area contributed by atoms with Crippen LogP contribution >= 0.6 is 0 Å². The highest BCUT2D eigenvalue weighted by molar-refractivity contribution is 5.74. The van der Waals surface area contributed by atoms with E-state index in [0.29, 0.717) is 19.7 Å². The second kappa shape index (κ2) is 7.09. The summed E-state index contributed by atoms with van der Waals surface area (Å²) in [5.74, 6) is 0.729. The first-order chi connectivity index (χ1) is 10.7. The molecular weight excluding hydrogens is 286 g/mol. The van der Waals surface area contributed by atoms with Gasteiger partial charge in [-0.05, 0) is 17.6 Å². The molecule has 1 aromatic rings. The second-order valence-electron chi connectivity index (χ2n) is 6.34. The van der Waals surface area contributed by atoms with Crippen molar-refractivity contribution in [2.75, 3.05) is 19.7 Å². The summed E-state index contributed by atoms with van der Waals surface area (Å²) in [6, 6.07) is 0. The predicted octanol–water partition coefficient (Wildman–Crippen LogP) is 0.453. The van der Waals surface area contributed by atoms with Gasteiger partial charge in [0.2, 0.25) is 0 Å². The molecule has 22 heavy (non-hydrogen) atoms. The highest BCUT2D eigenvalue weighted by atomic mass is 16.5. The zero-order valence-corrected chi connectivity index (χ0v) is 12.8. The van der Waals surface area contributed by atoms with Gasteiger partial charge in [0.1, 0.15) is 0 Å². The van der Waals surface area contributed by atoms with Crippen molar-refractivity contribution < 1.29 is 18.7 Å². The molecule has 7 nitrogen and oxygen atoms in total. The minimum Gasteiger partial charge on any atom is -0.375 e. The lowest BCUT2D eigenvalue weighted by Crippen LogP contribution is -2.51. The number of rotatable bonds is 4. The molecule has 1 saturated heterocycles. The van der Waals surface area contributed by atoms with Crippen molar-refractivity contribution >= 4 is 5.91 Å². The third-order valence-corrected chi connectivity index (χ3v) is 4.64. The van der Waals surface area contributed by atoms with E-state index in [1.807, 2.05) is 4.90 Å². The van der Waals surface area contributed by atoms with E-state index in [0.717, 1.165) is 12.3 Å². The van der Waals surface area contributed by atoms with E-state index in [1.165, 1.54) is 43.0 Å². The first-order valence-electron chi connectivity index (χ1n) is 8.18. The summed E-state index contributed by atoms with van der Waals surface area (Å²) in [5.41, 5.74) is -0.482. The molecule has 1 aliphatic carbocycles. The van der Waals surface area contributed by atoms with Gasteiger partial charge in [0.25, 0.3) is 18.6 Å². The molecule has 2 heterocycles. The van der Waals surface area contributed by atoms with Gasteiger partial charge >= 0.3 is 5.63 Å². The molecule has 122 valence electrons. The summed E-state index contributed by atoms with van der Waals surface area (Å²) in [5, 5.41) is 2.40. The van der Waals surface area contributed by atoms with Crippen LogP contribution in [0.15, 0.2) is 15.5 Å². The van der Waals surface area contributed by atoms with Gasteiger partial charge in [0.05, 0.1) is 12.7 Å². The van der Waals surface area contributed by atoms with Crippen LogP contribution in [0.4, 0.5) is 0 Å². The van der Waals surface area contributed by atoms with Crippen molar-refractivity contribution in [3.8, 4) is 0 Å². The van der Waals surface area contributed by atoms with Crippen LogP contribution in [0.25, 0.3) is 0 Å². The highest BCUT2D eigenvalue weighted by Gasteiger charge is 2.29. The Hall–Kier alpha value is -1.63. The normalized spacial score (nSPS) is 23.6. The Morgan fingerprint density at radius 2 is 2.18 bits per heavy atom. The van der Waals surface area contributed by atoms with E-state index in [9.17, 15) is 9.59 Å². The zero-order valence-electron chi connectivity index (χ0n) is 12.8. The number of ether oxygens (including phenoxy) is 1. The topological polar surface area (TPSA) is 79.4 Å². The Bertz CT molecular complexity index is 547. The summed E-state index contributed by atoms with van der Waals surface area (Å²) in [4.78, 5) is 25.1. The second-order valence-corrected chi connectivity index (χ2v) is 6.34. The Labute approximate surface area is 129 Å². The molecule has 2 aliphatic rings. The highest BCUT2D eigenvalue weighted by Crippen LogP contribution is 2.28. The van der Waals surface area contributed by atoms with Gasteiger partial charge in [-0.25, -0.2) is 4.79 Å². The van der Waals surface area contributed by atoms with E-state index in [-0.39, 0.29) is 18.6 Å². The number of nitrogens with zero attached hydrogens (tertiary/aromatic N) is 2. The van der Waals surface area contributed by atoms with Gasteiger partial charge in [0.15, 0.2) is 0 Å². The number of hydrogen-bond donors (Lipinski definition) is 1. The number of morpholine rings is 1. The number of aromatic nitrogens is 2. The first kappa shape index (κ1) is 15.3. The van der Waals surface area contributed by atoms with Gasteiger partial charge < -0.3 is 9.64 Å². The molecule has 1 aromatic heterocycles. The van der Waals surface area contributed by atoms with E-state index in [4.69, 9.17) is 4.74 Å². The lowest BCUT2D eigenvalue weighted by Gasteiger charge is -2.34. The Balaban J connectivity index is 1.50. The van der Waals surface area contributed by atoms with Crippen LogP contribution in [0.2, 0.25) is 0 Å². The van der Waals surface area contributed by atoms with Gasteiger partial charge in [-0.1, -0.05) is 36.8 Å². The molecule has 2 fully saturated rings. The third-order valence-electron chi connectivity index (χ3n) is 4.64. The Morgan fingerprint density at radius 1 is 1.36 bits per heavy atom. The van der Waals surface area contributed by atoms with Crippen LogP contribution in [-0.4, -0.2) is 41.9 Å². The summed E-state index contributed by atoms with van der Waals surface area (Å²) >= 11 is 0. The fourth-order valence-corrected chi connectivity index (χ4v) is 3.49. The molecule has 0 unspecified atom stereocenters. The van der Waals surface area contributed by atoms with Crippen LogP contribution in [0.1, 0.15) is 38.5 Å². The van der Waals surface area contributed by atoms with Crippen molar-refractivity contribution in [2.45, 2.75) is 51.2 Å². The number of carbonyl (C=O) groups is 1. The average Bonchev–Trinajstić information content (AvgIpc) is 2.93. The maximum Gasteiger partial charge on any atom is 0.426 e. The summed E-state index contributed by atoms with van der Waals surface area (Å²) in [6.45, 7) is 1.96. The standard InChI is InChI=1S/C15H23N3O4/c19-14(10-18-11-15(20)22-16-18)17-6-7-21-13(9-17)8-12-4-2-1-3-5-12/h11-13H,1-10H2/p+1/t13-/m1/s1. The molecule has 0 spiro atoms. The minimum atomic E-state index is -0.482.